The average Bonchev–Trinajstić information content (AvgIpc) is 2.58. The lowest BCUT2D eigenvalue weighted by Gasteiger charge is -2.09. The van der Waals surface area contributed by atoms with Gasteiger partial charge in [-0.3, -0.25) is 0 Å². The molecule has 0 radical (unpaired) electrons. The minimum Gasteiger partial charge on any atom is -0.478 e. The van der Waals surface area contributed by atoms with Crippen molar-refractivity contribution in [1.82, 2.24) is 0 Å². The summed E-state index contributed by atoms with van der Waals surface area (Å²) >= 11 is 0. The fourth-order valence-corrected chi connectivity index (χ4v) is 2.02. The van der Waals surface area contributed by atoms with Gasteiger partial charge in [0.15, 0.2) is 5.76 Å². The summed E-state index contributed by atoms with van der Waals surface area (Å²) in [4.78, 5) is 22.4. The van der Waals surface area contributed by atoms with E-state index in [2.05, 4.69) is 17.9 Å². The highest BCUT2D eigenvalue weighted by atomic mass is 16.6. The van der Waals surface area contributed by atoms with Crippen molar-refractivity contribution in [3.05, 3.63) is 37.0 Å². The third kappa shape index (κ3) is 11.5. The first-order chi connectivity index (χ1) is 11.5. The van der Waals surface area contributed by atoms with Crippen molar-refractivity contribution < 1.29 is 29.3 Å². The van der Waals surface area contributed by atoms with Crippen LogP contribution < -0.4 is 0 Å². The molecule has 0 aliphatic rings. The van der Waals surface area contributed by atoms with E-state index in [-0.39, 0.29) is 18.8 Å². The van der Waals surface area contributed by atoms with Gasteiger partial charge >= 0.3 is 17.9 Å². The number of unbranched alkanes of at least 4 members (excludes halogenated alkanes) is 7. The van der Waals surface area contributed by atoms with E-state index in [0.29, 0.717) is 6.42 Å². The smallest absolute Gasteiger partial charge is 0.338 e. The normalized spacial score (nSPS) is 11.4. The summed E-state index contributed by atoms with van der Waals surface area (Å²) in [5, 5.41) is 18.4. The van der Waals surface area contributed by atoms with Gasteiger partial charge in [-0.1, -0.05) is 51.7 Å². The minimum atomic E-state index is -0.831. The number of ether oxygens (including phenoxy) is 2. The quantitative estimate of drug-likeness (QED) is 0.217. The maximum absolute atomic E-state index is 11.3. The highest BCUT2D eigenvalue weighted by Gasteiger charge is 2.14. The van der Waals surface area contributed by atoms with Gasteiger partial charge in [-0.15, -0.1) is 0 Å². The molecule has 0 aliphatic heterocycles. The van der Waals surface area contributed by atoms with E-state index in [4.69, 9.17) is 9.84 Å². The lowest BCUT2D eigenvalue weighted by atomic mass is 10.1. The molecule has 2 N–H and O–H groups in total. The molecule has 0 atom stereocenters. The standard InChI is InChI=1S/C18H28O6/c1-3-16(20)23-15(18(22)24-17(21)4-2)13-11-9-7-5-6-8-10-12-14-19/h3-4,19,22H,1-2,5-14H2/b18-15-. The van der Waals surface area contributed by atoms with Gasteiger partial charge in [0.05, 0.1) is 0 Å². The maximum atomic E-state index is 11.3. The number of hydrogen-bond acceptors (Lipinski definition) is 6. The molecule has 0 aromatic rings. The molecule has 0 saturated heterocycles. The molecule has 0 spiro atoms. The second-order valence-electron chi connectivity index (χ2n) is 5.28. The van der Waals surface area contributed by atoms with Crippen molar-refractivity contribution in [3.63, 3.8) is 0 Å². The molecule has 0 saturated carbocycles. The minimum absolute atomic E-state index is 0.0851. The molecule has 0 fully saturated rings. The predicted octanol–water partition coefficient (Wildman–Crippen LogP) is 3.68. The first kappa shape index (κ1) is 21.9. The van der Waals surface area contributed by atoms with E-state index in [1.807, 2.05) is 0 Å². The number of aliphatic hydroxyl groups excluding tert-OH is 2. The third-order valence-corrected chi connectivity index (χ3v) is 3.30. The molecule has 0 aromatic heterocycles. The highest BCUT2D eigenvalue weighted by molar-refractivity contribution is 5.83. The average molecular weight is 340 g/mol. The van der Waals surface area contributed by atoms with Crippen molar-refractivity contribution >= 4 is 11.9 Å². The van der Waals surface area contributed by atoms with Crippen LogP contribution in [0, 0.1) is 0 Å². The van der Waals surface area contributed by atoms with Crippen molar-refractivity contribution in [3.8, 4) is 0 Å². The molecule has 0 aliphatic carbocycles. The van der Waals surface area contributed by atoms with Crippen LogP contribution in [0.3, 0.4) is 0 Å². The first-order valence-electron chi connectivity index (χ1n) is 8.26. The third-order valence-electron chi connectivity index (χ3n) is 3.30. The van der Waals surface area contributed by atoms with E-state index in [9.17, 15) is 14.7 Å². The molecule has 136 valence electrons. The van der Waals surface area contributed by atoms with Crippen molar-refractivity contribution in [1.29, 1.82) is 0 Å². The van der Waals surface area contributed by atoms with E-state index < -0.39 is 17.9 Å². The zero-order valence-corrected chi connectivity index (χ0v) is 14.2. The van der Waals surface area contributed by atoms with E-state index in [0.717, 1.165) is 57.1 Å². The molecular weight excluding hydrogens is 312 g/mol. The molecule has 24 heavy (non-hydrogen) atoms. The topological polar surface area (TPSA) is 93.1 Å². The van der Waals surface area contributed by atoms with E-state index in [1.165, 1.54) is 0 Å². The van der Waals surface area contributed by atoms with Crippen molar-refractivity contribution in [2.45, 2.75) is 57.8 Å². The van der Waals surface area contributed by atoms with Crippen LogP contribution in [0.2, 0.25) is 0 Å². The lowest BCUT2D eigenvalue weighted by Crippen LogP contribution is -2.08. The number of rotatable bonds is 14. The van der Waals surface area contributed by atoms with Crippen LogP contribution in [0.25, 0.3) is 0 Å². The van der Waals surface area contributed by atoms with Crippen LogP contribution in [0.1, 0.15) is 57.8 Å². The number of aliphatic hydroxyl groups is 2. The van der Waals surface area contributed by atoms with Gasteiger partial charge in [-0.25, -0.2) is 9.59 Å². The van der Waals surface area contributed by atoms with E-state index >= 15 is 0 Å². The summed E-state index contributed by atoms with van der Waals surface area (Å²) in [7, 11) is 0. The summed E-state index contributed by atoms with van der Waals surface area (Å²) in [5.41, 5.74) is 0. The highest BCUT2D eigenvalue weighted by Crippen LogP contribution is 2.17. The maximum Gasteiger partial charge on any atom is 0.338 e. The summed E-state index contributed by atoms with van der Waals surface area (Å²) < 4.78 is 9.50. The first-order valence-corrected chi connectivity index (χ1v) is 8.26. The van der Waals surface area contributed by atoms with Gasteiger partial charge in [0.1, 0.15) is 0 Å². The Labute approximate surface area is 143 Å². The van der Waals surface area contributed by atoms with Crippen molar-refractivity contribution in [2.24, 2.45) is 0 Å². The van der Waals surface area contributed by atoms with Gasteiger partial charge in [0.25, 0.3) is 0 Å². The second kappa shape index (κ2) is 14.5. The molecule has 6 nitrogen and oxygen atoms in total. The van der Waals surface area contributed by atoms with Crippen LogP contribution in [0.15, 0.2) is 37.0 Å². The fourth-order valence-electron chi connectivity index (χ4n) is 2.02. The number of allylic oxidation sites excluding steroid dienone is 1. The van der Waals surface area contributed by atoms with Crippen LogP contribution in [-0.2, 0) is 19.1 Å². The molecule has 0 aromatic carbocycles. The number of esters is 2. The molecule has 0 rings (SSSR count). The van der Waals surface area contributed by atoms with Gasteiger partial charge in [0, 0.05) is 25.2 Å². The SMILES string of the molecule is C=CC(=O)O/C(O)=C(/CCCCCCCCCCO)OC(=O)C=C. The molecule has 0 heterocycles. The van der Waals surface area contributed by atoms with Crippen LogP contribution in [0.5, 0.6) is 0 Å². The van der Waals surface area contributed by atoms with Gasteiger partial charge < -0.3 is 19.7 Å². The predicted molar refractivity (Wildman–Crippen MR) is 90.9 cm³/mol. The number of hydrogen-bond donors (Lipinski definition) is 2. The monoisotopic (exact) mass is 340 g/mol. The second-order valence-corrected chi connectivity index (χ2v) is 5.28. The van der Waals surface area contributed by atoms with Gasteiger partial charge in [0.2, 0.25) is 0 Å². The van der Waals surface area contributed by atoms with Crippen LogP contribution >= 0.6 is 0 Å². The summed E-state index contributed by atoms with van der Waals surface area (Å²) in [6.07, 6.45) is 9.98. The van der Waals surface area contributed by atoms with E-state index in [1.54, 1.807) is 0 Å². The zero-order valence-electron chi connectivity index (χ0n) is 14.2. The Morgan fingerprint density at radius 3 is 1.75 bits per heavy atom. The van der Waals surface area contributed by atoms with Gasteiger partial charge in [-0.2, -0.15) is 0 Å². The lowest BCUT2D eigenvalue weighted by molar-refractivity contribution is -0.141. The Morgan fingerprint density at radius 2 is 1.25 bits per heavy atom. The number of carbonyl (C=O) groups is 2. The summed E-state index contributed by atoms with van der Waals surface area (Å²) in [5.74, 6) is -2.37. The number of carbonyl (C=O) groups excluding carboxylic acids is 2. The Bertz CT molecular complexity index is 439. The van der Waals surface area contributed by atoms with Crippen molar-refractivity contribution in [2.75, 3.05) is 6.61 Å². The molecule has 0 amide bonds. The summed E-state index contributed by atoms with van der Waals surface area (Å²) in [6.45, 7) is 6.76. The Hall–Kier alpha value is -2.08. The fraction of sp³-hybridized carbons (Fsp3) is 0.556. The van der Waals surface area contributed by atoms with Crippen LogP contribution in [-0.4, -0.2) is 28.8 Å². The molecule has 6 heteroatoms. The molecule has 0 bridgehead atoms. The largest absolute Gasteiger partial charge is 0.478 e. The van der Waals surface area contributed by atoms with Gasteiger partial charge in [-0.05, 0) is 12.8 Å². The Balaban J connectivity index is 4.20. The summed E-state index contributed by atoms with van der Waals surface area (Å²) in [6, 6.07) is 0. The Morgan fingerprint density at radius 1 is 0.792 bits per heavy atom. The zero-order chi connectivity index (χ0) is 18.2. The Kier molecular flexibility index (Phi) is 13.3. The molecular formula is C18H28O6. The molecule has 0 unspecified atom stereocenters. The van der Waals surface area contributed by atoms with Crippen LogP contribution in [0.4, 0.5) is 0 Å².